The zero-order valence-corrected chi connectivity index (χ0v) is 14.8. The molecule has 0 radical (unpaired) electrons. The van der Waals surface area contributed by atoms with Crippen molar-refractivity contribution in [3.05, 3.63) is 46.7 Å². The number of furan rings is 1. The van der Waals surface area contributed by atoms with Crippen LogP contribution in [-0.4, -0.2) is 49.9 Å². The van der Waals surface area contributed by atoms with E-state index in [9.17, 15) is 4.79 Å². The summed E-state index contributed by atoms with van der Waals surface area (Å²) in [6.45, 7) is 5.15. The molecule has 2 aromatic rings. The Morgan fingerprint density at radius 2 is 2.12 bits per heavy atom. The van der Waals surface area contributed by atoms with Crippen molar-refractivity contribution in [3.8, 4) is 11.3 Å². The Kier molecular flexibility index (Phi) is 5.86. The van der Waals surface area contributed by atoms with Crippen molar-refractivity contribution in [3.63, 3.8) is 0 Å². The van der Waals surface area contributed by atoms with E-state index in [2.05, 4.69) is 10.5 Å². The van der Waals surface area contributed by atoms with Crippen LogP contribution in [-0.2, 0) is 9.53 Å². The van der Waals surface area contributed by atoms with Crippen molar-refractivity contribution in [2.24, 2.45) is 5.10 Å². The molecule has 1 aromatic heterocycles. The minimum absolute atomic E-state index is 0.157. The maximum atomic E-state index is 11.9. The highest BCUT2D eigenvalue weighted by atomic mass is 35.5. The second-order valence-corrected chi connectivity index (χ2v) is 6.28. The number of morpholine rings is 1. The predicted molar refractivity (Wildman–Crippen MR) is 96.9 cm³/mol. The zero-order chi connectivity index (χ0) is 17.6. The Hall–Kier alpha value is -2.15. The highest BCUT2D eigenvalue weighted by molar-refractivity contribution is 6.30. The summed E-state index contributed by atoms with van der Waals surface area (Å²) in [5, 5.41) is 4.61. The van der Waals surface area contributed by atoms with Gasteiger partial charge in [0.2, 0.25) is 0 Å². The van der Waals surface area contributed by atoms with Crippen molar-refractivity contribution in [2.45, 2.75) is 6.92 Å². The van der Waals surface area contributed by atoms with Gasteiger partial charge in [0.1, 0.15) is 11.5 Å². The summed E-state index contributed by atoms with van der Waals surface area (Å²) in [6, 6.07) is 9.30. The van der Waals surface area contributed by atoms with Gasteiger partial charge in [-0.05, 0) is 36.8 Å². The highest BCUT2D eigenvalue weighted by Gasteiger charge is 2.13. The van der Waals surface area contributed by atoms with Gasteiger partial charge in [-0.15, -0.1) is 0 Å². The van der Waals surface area contributed by atoms with Crippen molar-refractivity contribution in [2.75, 3.05) is 32.8 Å². The predicted octanol–water partition coefficient (Wildman–Crippen LogP) is 2.69. The first-order valence-electron chi connectivity index (χ1n) is 8.10. The van der Waals surface area contributed by atoms with E-state index in [0.717, 1.165) is 24.2 Å². The molecule has 2 heterocycles. The fraction of sp³-hybridized carbons (Fsp3) is 0.333. The standard InChI is InChI=1S/C18H20ClN3O3/c1-13-2-3-14(19)10-16(13)17-5-4-15(25-17)11-20-21-18(23)12-22-6-8-24-9-7-22/h2-5,10-11H,6-9,12H2,1H3,(H,21,23)/b20-11-. The molecule has 1 aliphatic rings. The molecular weight excluding hydrogens is 342 g/mol. The fourth-order valence-corrected chi connectivity index (χ4v) is 2.76. The SMILES string of the molecule is Cc1ccc(Cl)cc1-c1ccc(/C=N\NC(=O)CN2CCOCC2)o1. The van der Waals surface area contributed by atoms with Crippen LogP contribution < -0.4 is 5.43 Å². The summed E-state index contributed by atoms with van der Waals surface area (Å²) < 4.78 is 11.0. The van der Waals surface area contributed by atoms with Crippen LogP contribution in [0.3, 0.4) is 0 Å². The van der Waals surface area contributed by atoms with Gasteiger partial charge in [0, 0.05) is 23.7 Å². The number of carbonyl (C=O) groups excluding carboxylic acids is 1. The summed E-state index contributed by atoms with van der Waals surface area (Å²) in [5.41, 5.74) is 4.52. The van der Waals surface area contributed by atoms with Crippen molar-refractivity contribution < 1.29 is 13.9 Å². The number of nitrogens with one attached hydrogen (secondary N) is 1. The van der Waals surface area contributed by atoms with E-state index in [-0.39, 0.29) is 5.91 Å². The first kappa shape index (κ1) is 17.7. The Bertz CT molecular complexity index is 767. The number of hydrogen-bond acceptors (Lipinski definition) is 5. The monoisotopic (exact) mass is 361 g/mol. The molecule has 3 rings (SSSR count). The largest absolute Gasteiger partial charge is 0.455 e. The van der Waals surface area contributed by atoms with E-state index in [1.807, 2.05) is 36.1 Å². The average molecular weight is 362 g/mol. The molecule has 1 aromatic carbocycles. The van der Waals surface area contributed by atoms with Gasteiger partial charge < -0.3 is 9.15 Å². The summed E-state index contributed by atoms with van der Waals surface area (Å²) >= 11 is 6.04. The van der Waals surface area contributed by atoms with Gasteiger partial charge in [0.05, 0.1) is 26.0 Å². The average Bonchev–Trinajstić information content (AvgIpc) is 3.06. The highest BCUT2D eigenvalue weighted by Crippen LogP contribution is 2.27. The van der Waals surface area contributed by atoms with E-state index >= 15 is 0 Å². The van der Waals surface area contributed by atoms with Crippen molar-refractivity contribution in [1.29, 1.82) is 0 Å². The first-order chi connectivity index (χ1) is 12.1. The summed E-state index contributed by atoms with van der Waals surface area (Å²) in [5.74, 6) is 1.11. The van der Waals surface area contributed by atoms with Crippen LogP contribution in [0.5, 0.6) is 0 Å². The number of hydrogen-bond donors (Lipinski definition) is 1. The maximum Gasteiger partial charge on any atom is 0.254 e. The number of nitrogens with zero attached hydrogens (tertiary/aromatic N) is 2. The minimum Gasteiger partial charge on any atom is -0.455 e. The van der Waals surface area contributed by atoms with Gasteiger partial charge in [-0.3, -0.25) is 9.69 Å². The molecule has 0 spiro atoms. The molecule has 1 amide bonds. The quantitative estimate of drug-likeness (QED) is 0.656. The number of hydrazone groups is 1. The van der Waals surface area contributed by atoms with Gasteiger partial charge in [0.15, 0.2) is 0 Å². The molecule has 132 valence electrons. The molecule has 0 unspecified atom stereocenters. The molecule has 25 heavy (non-hydrogen) atoms. The molecule has 6 nitrogen and oxygen atoms in total. The van der Waals surface area contributed by atoms with E-state index in [1.54, 1.807) is 6.07 Å². The van der Waals surface area contributed by atoms with Crippen molar-refractivity contribution >= 4 is 23.7 Å². The lowest BCUT2D eigenvalue weighted by atomic mass is 10.1. The summed E-state index contributed by atoms with van der Waals surface area (Å²) in [4.78, 5) is 13.9. The van der Waals surface area contributed by atoms with E-state index in [0.29, 0.717) is 36.3 Å². The zero-order valence-electron chi connectivity index (χ0n) is 14.0. The molecule has 1 N–H and O–H groups in total. The third-order valence-electron chi connectivity index (χ3n) is 3.94. The van der Waals surface area contributed by atoms with Crippen LogP contribution in [0, 0.1) is 6.92 Å². The van der Waals surface area contributed by atoms with Crippen LogP contribution in [0.25, 0.3) is 11.3 Å². The fourth-order valence-electron chi connectivity index (χ4n) is 2.59. The van der Waals surface area contributed by atoms with Crippen molar-refractivity contribution in [1.82, 2.24) is 10.3 Å². The number of aryl methyl sites for hydroxylation is 1. The van der Waals surface area contributed by atoms with Gasteiger partial charge in [-0.2, -0.15) is 5.10 Å². The molecule has 0 saturated carbocycles. The van der Waals surface area contributed by atoms with E-state index in [4.69, 9.17) is 20.8 Å². The molecule has 1 aliphatic heterocycles. The van der Waals surface area contributed by atoms with Gasteiger partial charge in [0.25, 0.3) is 5.91 Å². The number of rotatable bonds is 5. The molecule has 1 fully saturated rings. The van der Waals surface area contributed by atoms with Crippen LogP contribution in [0.4, 0.5) is 0 Å². The third-order valence-corrected chi connectivity index (χ3v) is 4.18. The first-order valence-corrected chi connectivity index (χ1v) is 8.48. The van der Waals surface area contributed by atoms with Gasteiger partial charge in [-0.1, -0.05) is 17.7 Å². The second kappa shape index (κ2) is 8.29. The number of amides is 1. The lowest BCUT2D eigenvalue weighted by Gasteiger charge is -2.25. The lowest BCUT2D eigenvalue weighted by molar-refractivity contribution is -0.123. The van der Waals surface area contributed by atoms with Crippen LogP contribution in [0.2, 0.25) is 5.02 Å². The number of ether oxygens (including phenoxy) is 1. The lowest BCUT2D eigenvalue weighted by Crippen LogP contribution is -2.42. The van der Waals surface area contributed by atoms with Crippen LogP contribution in [0.15, 0.2) is 39.9 Å². The Balaban J connectivity index is 1.56. The number of carbonyl (C=O) groups is 1. The maximum absolute atomic E-state index is 11.9. The summed E-state index contributed by atoms with van der Waals surface area (Å²) in [6.07, 6.45) is 1.49. The molecule has 7 heteroatoms. The van der Waals surface area contributed by atoms with E-state index in [1.165, 1.54) is 6.21 Å². The molecule has 0 atom stereocenters. The molecule has 0 aliphatic carbocycles. The van der Waals surface area contributed by atoms with E-state index < -0.39 is 0 Å². The normalized spacial score (nSPS) is 15.6. The number of halogens is 1. The topological polar surface area (TPSA) is 67.1 Å². The molecular formula is C18H20ClN3O3. The van der Waals surface area contributed by atoms with Gasteiger partial charge in [-0.25, -0.2) is 5.43 Å². The smallest absolute Gasteiger partial charge is 0.254 e. The third kappa shape index (κ3) is 4.92. The Labute approximate surface area is 151 Å². The van der Waals surface area contributed by atoms with Crippen LogP contribution >= 0.6 is 11.6 Å². The summed E-state index contributed by atoms with van der Waals surface area (Å²) in [7, 11) is 0. The van der Waals surface area contributed by atoms with Gasteiger partial charge >= 0.3 is 0 Å². The Morgan fingerprint density at radius 3 is 2.92 bits per heavy atom. The second-order valence-electron chi connectivity index (χ2n) is 5.84. The number of benzene rings is 1. The minimum atomic E-state index is -0.157. The van der Waals surface area contributed by atoms with Crippen LogP contribution in [0.1, 0.15) is 11.3 Å². The molecule has 1 saturated heterocycles. The molecule has 0 bridgehead atoms. The Morgan fingerprint density at radius 1 is 1.32 bits per heavy atom.